The first kappa shape index (κ1) is 17.7. The smallest absolute Gasteiger partial charge is 0.255 e. The molecule has 4 rings (SSSR count). The Morgan fingerprint density at radius 1 is 1.04 bits per heavy atom. The number of aromatic nitrogens is 1. The second-order valence-corrected chi connectivity index (χ2v) is 7.89. The molecule has 0 aliphatic rings. The number of rotatable bonds is 3. The number of anilines is 1. The van der Waals surface area contributed by atoms with Crippen LogP contribution < -0.4 is 5.32 Å². The third kappa shape index (κ3) is 3.59. The molecular formula is C22H17ClN2OS. The van der Waals surface area contributed by atoms with E-state index in [1.54, 1.807) is 23.5 Å². The Morgan fingerprint density at radius 3 is 2.63 bits per heavy atom. The third-order valence-corrected chi connectivity index (χ3v) is 5.77. The molecule has 0 spiro atoms. The van der Waals surface area contributed by atoms with Gasteiger partial charge in [-0.15, -0.1) is 11.3 Å². The van der Waals surface area contributed by atoms with Gasteiger partial charge in [0.2, 0.25) is 0 Å². The molecule has 27 heavy (non-hydrogen) atoms. The van der Waals surface area contributed by atoms with Gasteiger partial charge in [-0.3, -0.25) is 4.79 Å². The molecule has 0 fully saturated rings. The van der Waals surface area contributed by atoms with Crippen LogP contribution in [0.2, 0.25) is 5.02 Å². The Balaban J connectivity index is 1.67. The van der Waals surface area contributed by atoms with E-state index >= 15 is 0 Å². The Morgan fingerprint density at radius 2 is 1.85 bits per heavy atom. The number of hydrogen-bond acceptors (Lipinski definition) is 3. The van der Waals surface area contributed by atoms with Crippen LogP contribution >= 0.6 is 22.9 Å². The summed E-state index contributed by atoms with van der Waals surface area (Å²) in [4.78, 5) is 17.3. The molecule has 1 amide bonds. The monoisotopic (exact) mass is 392 g/mol. The molecule has 3 aromatic carbocycles. The standard InChI is InChI=1S/C22H17ClN2OS/c1-13-7-9-16(14(2)11-13)21(26)24-15-8-10-18(23)17(12-15)22-25-19-5-3-4-6-20(19)27-22/h3-12H,1-2H3,(H,24,26). The number of carbonyl (C=O) groups is 1. The number of amides is 1. The van der Waals surface area contributed by atoms with Gasteiger partial charge in [0.25, 0.3) is 5.91 Å². The van der Waals surface area contributed by atoms with Gasteiger partial charge in [-0.2, -0.15) is 0 Å². The number of carbonyl (C=O) groups excluding carboxylic acids is 1. The Bertz CT molecular complexity index is 1130. The minimum absolute atomic E-state index is 0.134. The van der Waals surface area contributed by atoms with Crippen LogP contribution in [0.5, 0.6) is 0 Å². The number of fused-ring (bicyclic) bond motifs is 1. The van der Waals surface area contributed by atoms with Gasteiger partial charge in [-0.05, 0) is 55.8 Å². The van der Waals surface area contributed by atoms with E-state index < -0.39 is 0 Å². The first-order valence-electron chi connectivity index (χ1n) is 8.55. The summed E-state index contributed by atoms with van der Waals surface area (Å²) in [5, 5.41) is 4.42. The second kappa shape index (κ2) is 7.14. The van der Waals surface area contributed by atoms with E-state index in [0.29, 0.717) is 16.3 Å². The van der Waals surface area contributed by atoms with Crippen molar-refractivity contribution < 1.29 is 4.79 Å². The first-order chi connectivity index (χ1) is 13.0. The molecule has 4 aromatic rings. The van der Waals surface area contributed by atoms with Crippen LogP contribution in [0.4, 0.5) is 5.69 Å². The Labute approximate surface area is 166 Å². The van der Waals surface area contributed by atoms with Crippen LogP contribution in [0.1, 0.15) is 21.5 Å². The van der Waals surface area contributed by atoms with Gasteiger partial charge in [0.05, 0.1) is 15.2 Å². The maximum Gasteiger partial charge on any atom is 0.255 e. The number of benzene rings is 3. The lowest BCUT2D eigenvalue weighted by Gasteiger charge is -2.10. The van der Waals surface area contributed by atoms with Gasteiger partial charge in [0.15, 0.2) is 0 Å². The molecule has 0 saturated carbocycles. The molecule has 5 heteroatoms. The summed E-state index contributed by atoms with van der Waals surface area (Å²) in [5.74, 6) is -0.134. The second-order valence-electron chi connectivity index (χ2n) is 6.45. The molecule has 0 saturated heterocycles. The van der Waals surface area contributed by atoms with Gasteiger partial charge in [-0.1, -0.05) is 41.4 Å². The summed E-state index contributed by atoms with van der Waals surface area (Å²) in [6.45, 7) is 3.95. The zero-order chi connectivity index (χ0) is 19.0. The highest BCUT2D eigenvalue weighted by Gasteiger charge is 2.13. The zero-order valence-corrected chi connectivity index (χ0v) is 16.5. The maximum absolute atomic E-state index is 12.7. The van der Waals surface area contributed by atoms with E-state index in [-0.39, 0.29) is 5.91 Å². The lowest BCUT2D eigenvalue weighted by atomic mass is 10.1. The van der Waals surface area contributed by atoms with Crippen LogP contribution in [0.15, 0.2) is 60.7 Å². The van der Waals surface area contributed by atoms with Crippen molar-refractivity contribution in [3.63, 3.8) is 0 Å². The number of hydrogen-bond donors (Lipinski definition) is 1. The van der Waals surface area contributed by atoms with Gasteiger partial charge < -0.3 is 5.32 Å². The minimum Gasteiger partial charge on any atom is -0.322 e. The van der Waals surface area contributed by atoms with Crippen LogP contribution in [0.25, 0.3) is 20.8 Å². The fourth-order valence-corrected chi connectivity index (χ4v) is 4.28. The fraction of sp³-hybridized carbons (Fsp3) is 0.0909. The van der Waals surface area contributed by atoms with Crippen molar-refractivity contribution in [2.75, 3.05) is 5.32 Å². The van der Waals surface area contributed by atoms with E-state index in [4.69, 9.17) is 11.6 Å². The van der Waals surface area contributed by atoms with Crippen LogP contribution in [-0.4, -0.2) is 10.9 Å². The minimum atomic E-state index is -0.134. The summed E-state index contributed by atoms with van der Waals surface area (Å²) in [6, 6.07) is 19.2. The average Bonchev–Trinajstić information content (AvgIpc) is 3.07. The van der Waals surface area contributed by atoms with Crippen molar-refractivity contribution in [3.8, 4) is 10.6 Å². The SMILES string of the molecule is Cc1ccc(C(=O)Nc2ccc(Cl)c(-c3nc4ccccc4s3)c2)c(C)c1. The topological polar surface area (TPSA) is 42.0 Å². The molecule has 134 valence electrons. The summed E-state index contributed by atoms with van der Waals surface area (Å²) in [6.07, 6.45) is 0. The molecule has 0 aliphatic carbocycles. The molecule has 0 atom stereocenters. The number of para-hydroxylation sites is 1. The van der Waals surface area contributed by atoms with E-state index in [1.165, 1.54) is 0 Å². The van der Waals surface area contributed by atoms with Crippen LogP contribution in [-0.2, 0) is 0 Å². The molecule has 0 aliphatic heterocycles. The maximum atomic E-state index is 12.7. The van der Waals surface area contributed by atoms with E-state index in [9.17, 15) is 4.79 Å². The predicted molar refractivity (Wildman–Crippen MR) is 114 cm³/mol. The lowest BCUT2D eigenvalue weighted by Crippen LogP contribution is -2.13. The van der Waals surface area contributed by atoms with Crippen molar-refractivity contribution in [3.05, 3.63) is 82.4 Å². The van der Waals surface area contributed by atoms with Gasteiger partial charge in [-0.25, -0.2) is 4.98 Å². The number of thiazole rings is 1. The van der Waals surface area contributed by atoms with Crippen molar-refractivity contribution in [2.45, 2.75) is 13.8 Å². The summed E-state index contributed by atoms with van der Waals surface area (Å²) < 4.78 is 1.10. The van der Waals surface area contributed by atoms with Crippen molar-refractivity contribution in [2.24, 2.45) is 0 Å². The highest BCUT2D eigenvalue weighted by molar-refractivity contribution is 7.21. The molecule has 0 unspecified atom stereocenters. The predicted octanol–water partition coefficient (Wildman–Crippen LogP) is 6.49. The quantitative estimate of drug-likeness (QED) is 0.433. The molecule has 1 heterocycles. The van der Waals surface area contributed by atoms with Crippen molar-refractivity contribution >= 4 is 44.7 Å². The van der Waals surface area contributed by atoms with E-state index in [0.717, 1.165) is 31.9 Å². The summed E-state index contributed by atoms with van der Waals surface area (Å²) >= 11 is 7.99. The number of nitrogens with one attached hydrogen (secondary N) is 1. The Hall–Kier alpha value is -2.69. The Kier molecular flexibility index (Phi) is 4.68. The van der Waals surface area contributed by atoms with Crippen molar-refractivity contribution in [1.29, 1.82) is 0 Å². The van der Waals surface area contributed by atoms with Crippen LogP contribution in [0, 0.1) is 13.8 Å². The molecule has 1 N–H and O–H groups in total. The molecule has 0 radical (unpaired) electrons. The number of aryl methyl sites for hydroxylation is 2. The summed E-state index contributed by atoms with van der Waals surface area (Å²) in [7, 11) is 0. The molecule has 3 nitrogen and oxygen atoms in total. The number of halogens is 1. The van der Waals surface area contributed by atoms with E-state index in [1.807, 2.05) is 62.4 Å². The molecular weight excluding hydrogens is 376 g/mol. The zero-order valence-electron chi connectivity index (χ0n) is 14.9. The number of nitrogens with zero attached hydrogens (tertiary/aromatic N) is 1. The fourth-order valence-electron chi connectivity index (χ4n) is 3.02. The van der Waals surface area contributed by atoms with Gasteiger partial charge in [0.1, 0.15) is 5.01 Å². The lowest BCUT2D eigenvalue weighted by molar-refractivity contribution is 0.102. The van der Waals surface area contributed by atoms with Crippen molar-refractivity contribution in [1.82, 2.24) is 4.98 Å². The largest absolute Gasteiger partial charge is 0.322 e. The highest BCUT2D eigenvalue weighted by Crippen LogP contribution is 2.36. The summed E-state index contributed by atoms with van der Waals surface area (Å²) in [5.41, 5.74) is 5.20. The first-order valence-corrected chi connectivity index (χ1v) is 9.75. The average molecular weight is 393 g/mol. The molecule has 0 bridgehead atoms. The van der Waals surface area contributed by atoms with Gasteiger partial charge >= 0.3 is 0 Å². The highest BCUT2D eigenvalue weighted by atomic mass is 35.5. The van der Waals surface area contributed by atoms with Gasteiger partial charge in [0, 0.05) is 16.8 Å². The third-order valence-electron chi connectivity index (χ3n) is 4.38. The van der Waals surface area contributed by atoms with Crippen LogP contribution in [0.3, 0.4) is 0 Å². The normalized spacial score (nSPS) is 10.9. The van der Waals surface area contributed by atoms with E-state index in [2.05, 4.69) is 10.3 Å². The molecule has 1 aromatic heterocycles.